The first kappa shape index (κ1) is 29.2. The molecule has 2 fully saturated rings. The number of piperidine rings is 1. The Labute approximate surface area is 243 Å². The molecule has 2 N–H and O–H groups in total. The van der Waals surface area contributed by atoms with Crippen molar-refractivity contribution in [3.63, 3.8) is 0 Å². The number of rotatable bonds is 9. The molecule has 10 nitrogen and oxygen atoms in total. The number of benzene rings is 2. The SMILES string of the molecule is C=CC(=O)Nc1cc(Nc2cc(N3OCCC3c3cc(F)cc(F)c3)ncn2)c(OC)cc1N1CCC(N(C)C)CC1. The molecule has 222 valence electrons. The fourth-order valence-corrected chi connectivity index (χ4v) is 5.44. The maximum Gasteiger partial charge on any atom is 0.247 e. The molecule has 5 rings (SSSR count). The Morgan fingerprint density at radius 3 is 2.48 bits per heavy atom. The van der Waals surface area contributed by atoms with Crippen molar-refractivity contribution in [3.05, 3.63) is 72.6 Å². The van der Waals surface area contributed by atoms with Gasteiger partial charge in [0.25, 0.3) is 0 Å². The minimum Gasteiger partial charge on any atom is -0.494 e. The number of methoxy groups -OCH3 is 1. The molecule has 42 heavy (non-hydrogen) atoms. The van der Waals surface area contributed by atoms with E-state index >= 15 is 0 Å². The number of amides is 1. The lowest BCUT2D eigenvalue weighted by atomic mass is 10.0. The highest BCUT2D eigenvalue weighted by atomic mass is 19.1. The van der Waals surface area contributed by atoms with Gasteiger partial charge in [-0.3, -0.25) is 9.63 Å². The van der Waals surface area contributed by atoms with Gasteiger partial charge in [0.2, 0.25) is 5.91 Å². The van der Waals surface area contributed by atoms with Crippen LogP contribution in [-0.4, -0.2) is 67.7 Å². The highest BCUT2D eigenvalue weighted by Gasteiger charge is 2.30. The summed E-state index contributed by atoms with van der Waals surface area (Å²) in [5, 5.41) is 7.73. The Morgan fingerprint density at radius 2 is 1.81 bits per heavy atom. The third-order valence-electron chi connectivity index (χ3n) is 7.61. The molecule has 3 heterocycles. The zero-order valence-electron chi connectivity index (χ0n) is 23.9. The van der Waals surface area contributed by atoms with E-state index < -0.39 is 17.7 Å². The Kier molecular flexibility index (Phi) is 8.83. The highest BCUT2D eigenvalue weighted by Crippen LogP contribution is 2.40. The molecule has 1 unspecified atom stereocenters. The van der Waals surface area contributed by atoms with Crippen LogP contribution in [0.4, 0.5) is 37.5 Å². The summed E-state index contributed by atoms with van der Waals surface area (Å²) in [6.07, 6.45) is 5.13. The molecule has 2 saturated heterocycles. The smallest absolute Gasteiger partial charge is 0.247 e. The number of hydroxylamine groups is 1. The number of nitrogens with one attached hydrogen (secondary N) is 2. The summed E-state index contributed by atoms with van der Waals surface area (Å²) in [4.78, 5) is 31.3. The summed E-state index contributed by atoms with van der Waals surface area (Å²) in [7, 11) is 5.77. The number of nitrogens with zero attached hydrogens (tertiary/aromatic N) is 5. The van der Waals surface area contributed by atoms with Gasteiger partial charge in [0.1, 0.15) is 29.5 Å². The summed E-state index contributed by atoms with van der Waals surface area (Å²) in [6.45, 7) is 5.62. The average Bonchev–Trinajstić information content (AvgIpc) is 3.47. The lowest BCUT2D eigenvalue weighted by Gasteiger charge is -2.37. The summed E-state index contributed by atoms with van der Waals surface area (Å²) in [6, 6.07) is 8.89. The van der Waals surface area contributed by atoms with Crippen LogP contribution in [0.5, 0.6) is 5.75 Å². The predicted molar refractivity (Wildman–Crippen MR) is 158 cm³/mol. The molecular weight excluding hydrogens is 544 g/mol. The average molecular weight is 580 g/mol. The van der Waals surface area contributed by atoms with Gasteiger partial charge in [0.05, 0.1) is 36.8 Å². The minimum absolute atomic E-state index is 0.328. The van der Waals surface area contributed by atoms with E-state index in [2.05, 4.69) is 51.1 Å². The Bertz CT molecular complexity index is 1430. The third-order valence-corrected chi connectivity index (χ3v) is 7.61. The zero-order valence-corrected chi connectivity index (χ0v) is 23.9. The first-order chi connectivity index (χ1) is 20.2. The number of anilines is 5. The van der Waals surface area contributed by atoms with Crippen LogP contribution >= 0.6 is 0 Å². The van der Waals surface area contributed by atoms with Crippen molar-refractivity contribution < 1.29 is 23.1 Å². The van der Waals surface area contributed by atoms with Gasteiger partial charge >= 0.3 is 0 Å². The topological polar surface area (TPSA) is 95.1 Å². The molecule has 0 spiro atoms. The number of aromatic nitrogens is 2. The van der Waals surface area contributed by atoms with E-state index in [1.54, 1.807) is 19.2 Å². The number of ether oxygens (including phenoxy) is 1. The van der Waals surface area contributed by atoms with E-state index in [1.807, 2.05) is 6.07 Å². The largest absolute Gasteiger partial charge is 0.494 e. The lowest BCUT2D eigenvalue weighted by Crippen LogP contribution is -2.42. The predicted octanol–water partition coefficient (Wildman–Crippen LogP) is 5.04. The van der Waals surface area contributed by atoms with Crippen molar-refractivity contribution in [2.75, 3.05) is 61.5 Å². The fraction of sp³-hybridized carbons (Fsp3) is 0.367. The van der Waals surface area contributed by atoms with Crippen LogP contribution in [0.2, 0.25) is 0 Å². The van der Waals surface area contributed by atoms with Gasteiger partial charge in [-0.15, -0.1) is 0 Å². The Morgan fingerprint density at radius 1 is 1.07 bits per heavy atom. The number of carbonyl (C=O) groups excluding carboxylic acids is 1. The van der Waals surface area contributed by atoms with E-state index in [0.717, 1.165) is 37.7 Å². The standard InChI is InChI=1S/C30H35F2N7O3/c1-5-30(40)36-23-15-24(27(41-4)16-26(23)38-9-6-22(7-10-38)37(2)3)35-28-17-29(34-18-33-28)39-25(8-11-42-39)19-12-20(31)14-21(32)13-19/h5,12-18,22,25H,1,6-11H2,2-4H3,(H,36,40)(H,33,34,35). The molecule has 2 aromatic carbocycles. The zero-order chi connectivity index (χ0) is 29.8. The van der Waals surface area contributed by atoms with Crippen LogP contribution in [0.25, 0.3) is 0 Å². The second-order valence-electron chi connectivity index (χ2n) is 10.5. The van der Waals surface area contributed by atoms with Crippen molar-refractivity contribution in [2.24, 2.45) is 0 Å². The third kappa shape index (κ3) is 6.44. The highest BCUT2D eigenvalue weighted by molar-refractivity contribution is 6.02. The van der Waals surface area contributed by atoms with Crippen molar-refractivity contribution in [2.45, 2.75) is 31.3 Å². The normalized spacial score (nSPS) is 17.4. The van der Waals surface area contributed by atoms with Gasteiger partial charge in [-0.25, -0.2) is 23.8 Å². The van der Waals surface area contributed by atoms with Gasteiger partial charge in [-0.1, -0.05) is 6.58 Å². The summed E-state index contributed by atoms with van der Waals surface area (Å²) in [5.74, 6) is -0.233. The van der Waals surface area contributed by atoms with Crippen LogP contribution in [0, 0.1) is 11.6 Å². The molecule has 0 aliphatic carbocycles. The first-order valence-corrected chi connectivity index (χ1v) is 13.8. The number of carbonyl (C=O) groups is 1. The molecule has 1 atom stereocenters. The molecule has 2 aliphatic rings. The van der Waals surface area contributed by atoms with E-state index in [9.17, 15) is 13.6 Å². The molecule has 1 aromatic heterocycles. The van der Waals surface area contributed by atoms with Gasteiger partial charge in [-0.2, -0.15) is 0 Å². The van der Waals surface area contributed by atoms with Crippen molar-refractivity contribution in [1.29, 1.82) is 0 Å². The van der Waals surface area contributed by atoms with Gasteiger partial charge in [-0.05, 0) is 56.8 Å². The monoisotopic (exact) mass is 579 g/mol. The molecule has 0 bridgehead atoms. The maximum absolute atomic E-state index is 13.9. The Balaban J connectivity index is 1.43. The van der Waals surface area contributed by atoms with Crippen LogP contribution in [0.3, 0.4) is 0 Å². The molecular formula is C30H35F2N7O3. The molecule has 3 aromatic rings. The van der Waals surface area contributed by atoms with Crippen LogP contribution in [-0.2, 0) is 9.63 Å². The van der Waals surface area contributed by atoms with Crippen molar-refractivity contribution in [3.8, 4) is 5.75 Å². The summed E-state index contributed by atoms with van der Waals surface area (Å²) >= 11 is 0. The van der Waals surface area contributed by atoms with Gasteiger partial charge in [0, 0.05) is 43.8 Å². The minimum atomic E-state index is -0.654. The van der Waals surface area contributed by atoms with Crippen LogP contribution in [0.1, 0.15) is 30.9 Å². The van der Waals surface area contributed by atoms with Gasteiger partial charge in [0.15, 0.2) is 5.82 Å². The van der Waals surface area contributed by atoms with E-state index in [-0.39, 0.29) is 5.91 Å². The lowest BCUT2D eigenvalue weighted by molar-refractivity contribution is -0.111. The van der Waals surface area contributed by atoms with Crippen LogP contribution < -0.4 is 25.3 Å². The van der Waals surface area contributed by atoms with Gasteiger partial charge < -0.3 is 25.2 Å². The Hall–Kier alpha value is -4.29. The van der Waals surface area contributed by atoms with Crippen molar-refractivity contribution in [1.82, 2.24) is 14.9 Å². The molecule has 0 saturated carbocycles. The first-order valence-electron chi connectivity index (χ1n) is 13.8. The fourth-order valence-electron chi connectivity index (χ4n) is 5.44. The maximum atomic E-state index is 13.9. The van der Waals surface area contributed by atoms with Crippen molar-refractivity contribution >= 4 is 34.6 Å². The molecule has 0 radical (unpaired) electrons. The number of hydrogen-bond donors (Lipinski definition) is 2. The van der Waals surface area contributed by atoms with E-state index in [4.69, 9.17) is 9.57 Å². The van der Waals surface area contributed by atoms with E-state index in [0.29, 0.717) is 53.4 Å². The second-order valence-corrected chi connectivity index (χ2v) is 10.5. The molecule has 2 aliphatic heterocycles. The summed E-state index contributed by atoms with van der Waals surface area (Å²) in [5.41, 5.74) is 2.48. The quantitative estimate of drug-likeness (QED) is 0.338. The summed E-state index contributed by atoms with van der Waals surface area (Å²) < 4.78 is 33.6. The van der Waals surface area contributed by atoms with Crippen LogP contribution in [0.15, 0.2) is 55.4 Å². The number of halogens is 2. The second kappa shape index (κ2) is 12.7. The molecule has 1 amide bonds. The molecule has 12 heteroatoms. The van der Waals surface area contributed by atoms with E-state index in [1.165, 1.54) is 29.6 Å². The number of hydrogen-bond acceptors (Lipinski definition) is 9.